The molecule has 1 aliphatic heterocycles. The molecule has 11 heteroatoms. The minimum Gasteiger partial charge on any atom is -0.325 e. The van der Waals surface area contributed by atoms with E-state index in [1.807, 2.05) is 23.7 Å². The van der Waals surface area contributed by atoms with Crippen molar-refractivity contribution >= 4 is 45.0 Å². The molecule has 32 heavy (non-hydrogen) atoms. The molecule has 1 aromatic heterocycles. The van der Waals surface area contributed by atoms with Crippen molar-refractivity contribution in [2.75, 3.05) is 24.2 Å². The Morgan fingerprint density at radius 1 is 1.06 bits per heavy atom. The van der Waals surface area contributed by atoms with Crippen molar-refractivity contribution in [2.24, 2.45) is 7.05 Å². The molecule has 0 atom stereocenters. The summed E-state index contributed by atoms with van der Waals surface area (Å²) >= 11 is 7.20. The van der Waals surface area contributed by atoms with Crippen LogP contribution in [0.1, 0.15) is 12.8 Å². The van der Waals surface area contributed by atoms with Crippen molar-refractivity contribution in [3.63, 3.8) is 0 Å². The van der Waals surface area contributed by atoms with Gasteiger partial charge in [-0.05, 0) is 61.4 Å². The SMILES string of the molecule is Cn1c(SCC(=O)Nc2ccc(S(=O)(=O)N3CCCC3)cc2)nnc1-c1ccc(Cl)cc1. The van der Waals surface area contributed by atoms with Crippen LogP contribution in [0.5, 0.6) is 0 Å². The molecule has 0 unspecified atom stereocenters. The Labute approximate surface area is 196 Å². The van der Waals surface area contributed by atoms with Crippen LogP contribution in [-0.4, -0.2) is 52.2 Å². The molecule has 2 heterocycles. The molecule has 0 radical (unpaired) electrons. The highest BCUT2D eigenvalue weighted by molar-refractivity contribution is 7.99. The number of carbonyl (C=O) groups excluding carboxylic acids is 1. The average Bonchev–Trinajstić information content (AvgIpc) is 3.44. The lowest BCUT2D eigenvalue weighted by atomic mass is 10.2. The Hall–Kier alpha value is -2.40. The molecular formula is C21H22ClN5O3S2. The normalized spacial score (nSPS) is 14.6. The van der Waals surface area contributed by atoms with Crippen LogP contribution in [0.25, 0.3) is 11.4 Å². The second-order valence-corrected chi connectivity index (χ2v) is 10.7. The molecule has 8 nitrogen and oxygen atoms in total. The maximum Gasteiger partial charge on any atom is 0.243 e. The fourth-order valence-electron chi connectivity index (χ4n) is 3.41. The molecule has 3 aromatic rings. The zero-order valence-corrected chi connectivity index (χ0v) is 19.8. The maximum absolute atomic E-state index is 12.6. The van der Waals surface area contributed by atoms with Gasteiger partial charge in [0.25, 0.3) is 0 Å². The van der Waals surface area contributed by atoms with Crippen LogP contribution in [0.2, 0.25) is 5.02 Å². The van der Waals surface area contributed by atoms with Crippen molar-refractivity contribution in [2.45, 2.75) is 22.9 Å². The first-order chi connectivity index (χ1) is 15.3. The fraction of sp³-hybridized carbons (Fsp3) is 0.286. The van der Waals surface area contributed by atoms with Crippen molar-refractivity contribution in [1.29, 1.82) is 0 Å². The average molecular weight is 492 g/mol. The van der Waals surface area contributed by atoms with Crippen LogP contribution in [0.15, 0.2) is 58.6 Å². The van der Waals surface area contributed by atoms with E-state index >= 15 is 0 Å². The first kappa shape index (κ1) is 22.8. The molecule has 1 N–H and O–H groups in total. The summed E-state index contributed by atoms with van der Waals surface area (Å²) < 4.78 is 28.5. The Bertz CT molecular complexity index is 1210. The van der Waals surface area contributed by atoms with Gasteiger partial charge in [0.15, 0.2) is 11.0 Å². The second-order valence-electron chi connectivity index (χ2n) is 7.34. The zero-order chi connectivity index (χ0) is 22.7. The Balaban J connectivity index is 1.35. The lowest BCUT2D eigenvalue weighted by molar-refractivity contribution is -0.113. The van der Waals surface area contributed by atoms with Gasteiger partial charge in [-0.25, -0.2) is 8.42 Å². The molecule has 1 fully saturated rings. The van der Waals surface area contributed by atoms with Gasteiger partial charge < -0.3 is 9.88 Å². The number of halogens is 1. The minimum atomic E-state index is -3.47. The molecule has 1 aliphatic rings. The molecule has 4 rings (SSSR count). The summed E-state index contributed by atoms with van der Waals surface area (Å²) in [6.45, 7) is 1.11. The van der Waals surface area contributed by atoms with Crippen LogP contribution in [0, 0.1) is 0 Å². The fourth-order valence-corrected chi connectivity index (χ4v) is 5.76. The van der Waals surface area contributed by atoms with E-state index in [0.29, 0.717) is 34.8 Å². The molecule has 1 amide bonds. The number of benzene rings is 2. The second kappa shape index (κ2) is 9.62. The smallest absolute Gasteiger partial charge is 0.243 e. The summed E-state index contributed by atoms with van der Waals surface area (Å²) in [5.74, 6) is 0.598. The number of nitrogens with zero attached hydrogens (tertiary/aromatic N) is 4. The first-order valence-corrected chi connectivity index (χ1v) is 12.8. The Kier molecular flexibility index (Phi) is 6.85. The van der Waals surface area contributed by atoms with Crippen molar-refractivity contribution in [3.05, 3.63) is 53.6 Å². The molecule has 1 saturated heterocycles. The quantitative estimate of drug-likeness (QED) is 0.507. The predicted molar refractivity (Wildman–Crippen MR) is 125 cm³/mol. The van der Waals surface area contributed by atoms with E-state index < -0.39 is 10.0 Å². The summed E-state index contributed by atoms with van der Waals surface area (Å²) in [6, 6.07) is 13.6. The van der Waals surface area contributed by atoms with E-state index in [0.717, 1.165) is 18.4 Å². The van der Waals surface area contributed by atoms with E-state index in [4.69, 9.17) is 11.6 Å². The molecule has 168 valence electrons. The number of hydrogen-bond donors (Lipinski definition) is 1. The summed E-state index contributed by atoms with van der Waals surface area (Å²) in [5, 5.41) is 12.4. The van der Waals surface area contributed by atoms with Gasteiger partial charge in [0.1, 0.15) is 0 Å². The minimum absolute atomic E-state index is 0.139. The van der Waals surface area contributed by atoms with E-state index in [2.05, 4.69) is 15.5 Å². The Morgan fingerprint density at radius 2 is 1.72 bits per heavy atom. The van der Waals surface area contributed by atoms with Gasteiger partial charge in [-0.15, -0.1) is 10.2 Å². The number of nitrogens with one attached hydrogen (secondary N) is 1. The van der Waals surface area contributed by atoms with Crippen molar-refractivity contribution in [3.8, 4) is 11.4 Å². The van der Waals surface area contributed by atoms with Gasteiger partial charge in [-0.2, -0.15) is 4.31 Å². The number of anilines is 1. The number of sulfonamides is 1. The number of carbonyl (C=O) groups is 1. The third-order valence-corrected chi connectivity index (χ3v) is 8.30. The third kappa shape index (κ3) is 4.98. The Morgan fingerprint density at radius 3 is 2.38 bits per heavy atom. The van der Waals surface area contributed by atoms with Gasteiger partial charge in [-0.3, -0.25) is 4.79 Å². The molecule has 2 aromatic carbocycles. The lowest BCUT2D eigenvalue weighted by Crippen LogP contribution is -2.27. The molecule has 0 bridgehead atoms. The first-order valence-electron chi connectivity index (χ1n) is 10.0. The zero-order valence-electron chi connectivity index (χ0n) is 17.4. The van der Waals surface area contributed by atoms with Crippen LogP contribution < -0.4 is 5.32 Å². The monoisotopic (exact) mass is 491 g/mol. The highest BCUT2D eigenvalue weighted by atomic mass is 35.5. The van der Waals surface area contributed by atoms with Crippen molar-refractivity contribution in [1.82, 2.24) is 19.1 Å². The van der Waals surface area contributed by atoms with Crippen LogP contribution in [-0.2, 0) is 21.9 Å². The molecule has 0 spiro atoms. The maximum atomic E-state index is 12.6. The summed E-state index contributed by atoms with van der Waals surface area (Å²) in [6.07, 6.45) is 1.77. The predicted octanol–water partition coefficient (Wildman–Crippen LogP) is 3.65. The van der Waals surface area contributed by atoms with E-state index in [-0.39, 0.29) is 16.6 Å². The van der Waals surface area contributed by atoms with Gasteiger partial charge >= 0.3 is 0 Å². The van der Waals surface area contributed by atoms with Gasteiger partial charge in [0, 0.05) is 36.4 Å². The van der Waals surface area contributed by atoms with Gasteiger partial charge in [-0.1, -0.05) is 23.4 Å². The van der Waals surface area contributed by atoms with E-state index in [9.17, 15) is 13.2 Å². The van der Waals surface area contributed by atoms with Crippen LogP contribution in [0.3, 0.4) is 0 Å². The van der Waals surface area contributed by atoms with E-state index in [1.165, 1.54) is 28.2 Å². The van der Waals surface area contributed by atoms with Crippen molar-refractivity contribution < 1.29 is 13.2 Å². The number of hydrogen-bond acceptors (Lipinski definition) is 6. The number of aromatic nitrogens is 3. The highest BCUT2D eigenvalue weighted by Crippen LogP contribution is 2.25. The number of rotatable bonds is 7. The topological polar surface area (TPSA) is 97.2 Å². The highest BCUT2D eigenvalue weighted by Gasteiger charge is 2.27. The summed E-state index contributed by atoms with van der Waals surface area (Å²) in [5.41, 5.74) is 1.42. The van der Waals surface area contributed by atoms with Gasteiger partial charge in [0.2, 0.25) is 15.9 Å². The number of amides is 1. The summed E-state index contributed by atoms with van der Waals surface area (Å²) in [7, 11) is -1.63. The van der Waals surface area contributed by atoms with Crippen LogP contribution >= 0.6 is 23.4 Å². The van der Waals surface area contributed by atoms with Crippen LogP contribution in [0.4, 0.5) is 5.69 Å². The van der Waals surface area contributed by atoms with E-state index in [1.54, 1.807) is 24.3 Å². The largest absolute Gasteiger partial charge is 0.325 e. The lowest BCUT2D eigenvalue weighted by Gasteiger charge is -2.15. The molecule has 0 saturated carbocycles. The molecule has 0 aliphatic carbocycles. The number of thioether (sulfide) groups is 1. The summed E-state index contributed by atoms with van der Waals surface area (Å²) in [4.78, 5) is 12.6. The molecular weight excluding hydrogens is 470 g/mol. The van der Waals surface area contributed by atoms with Gasteiger partial charge in [0.05, 0.1) is 10.6 Å². The standard InChI is InChI=1S/C21H22ClN5O3S2/c1-26-20(15-4-6-16(22)7-5-15)24-25-21(26)31-14-19(28)23-17-8-10-18(11-9-17)32(29,30)27-12-2-3-13-27/h4-11H,2-3,12-14H2,1H3,(H,23,28). The third-order valence-electron chi connectivity index (χ3n) is 5.11.